The van der Waals surface area contributed by atoms with Crippen molar-refractivity contribution in [1.29, 1.82) is 0 Å². The minimum atomic E-state index is 0.172. The summed E-state index contributed by atoms with van der Waals surface area (Å²) in [6.45, 7) is 2.74. The number of hydrogen-bond donors (Lipinski definition) is 0. The van der Waals surface area contributed by atoms with Crippen molar-refractivity contribution in [2.75, 3.05) is 33.8 Å². The van der Waals surface area contributed by atoms with Crippen LogP contribution in [0.1, 0.15) is 56.2 Å². The van der Waals surface area contributed by atoms with Crippen LogP contribution in [0.15, 0.2) is 17.5 Å². The third-order valence-electron chi connectivity index (χ3n) is 7.19. The zero-order chi connectivity index (χ0) is 18.2. The van der Waals surface area contributed by atoms with Gasteiger partial charge in [-0.2, -0.15) is 0 Å². The maximum Gasteiger partial charge on any atom is 0.225 e. The van der Waals surface area contributed by atoms with Gasteiger partial charge in [0.15, 0.2) is 0 Å². The van der Waals surface area contributed by atoms with Crippen LogP contribution < -0.4 is 0 Å². The molecule has 2 aliphatic heterocycles. The summed E-state index contributed by atoms with van der Waals surface area (Å²) in [5.74, 6) is 0.316. The van der Waals surface area contributed by atoms with E-state index in [1.807, 2.05) is 11.3 Å². The highest BCUT2D eigenvalue weighted by molar-refractivity contribution is 7.10. The summed E-state index contributed by atoms with van der Waals surface area (Å²) in [6, 6.07) is 4.48. The molecule has 3 fully saturated rings. The number of carbonyl (C=O) groups excluding carboxylic acids is 1. The van der Waals surface area contributed by atoms with E-state index in [1.165, 1.54) is 37.0 Å². The molecule has 4 nitrogen and oxygen atoms in total. The monoisotopic (exact) mass is 376 g/mol. The van der Waals surface area contributed by atoms with Crippen molar-refractivity contribution in [2.24, 2.45) is 5.41 Å². The van der Waals surface area contributed by atoms with Crippen LogP contribution in [0, 0.1) is 5.41 Å². The van der Waals surface area contributed by atoms with Crippen LogP contribution >= 0.6 is 11.3 Å². The average Bonchev–Trinajstić information content (AvgIpc) is 3.38. The topological polar surface area (TPSA) is 32.8 Å². The van der Waals surface area contributed by atoms with E-state index in [9.17, 15) is 4.79 Å². The Kier molecular flexibility index (Phi) is 5.15. The summed E-state index contributed by atoms with van der Waals surface area (Å²) in [5, 5.41) is 2.20. The van der Waals surface area contributed by atoms with Crippen LogP contribution in [0.4, 0.5) is 0 Å². The molecule has 144 valence electrons. The van der Waals surface area contributed by atoms with Gasteiger partial charge in [-0.05, 0) is 75.9 Å². The van der Waals surface area contributed by atoms with Gasteiger partial charge in [0.25, 0.3) is 0 Å². The maximum absolute atomic E-state index is 12.7. The van der Waals surface area contributed by atoms with Gasteiger partial charge in [0.05, 0.1) is 18.1 Å². The lowest BCUT2D eigenvalue weighted by Gasteiger charge is -2.48. The Labute approximate surface area is 161 Å². The molecule has 5 heteroatoms. The molecule has 1 aromatic heterocycles. The fourth-order valence-electron chi connectivity index (χ4n) is 5.34. The fourth-order valence-corrected chi connectivity index (χ4v) is 6.40. The van der Waals surface area contributed by atoms with Crippen molar-refractivity contribution in [2.45, 2.75) is 63.0 Å². The highest BCUT2D eigenvalue weighted by Gasteiger charge is 2.48. The standard InChI is InChI=1S/C21H32N2O2S/c1-22(2)21(18-6-4-14-26-18)9-7-20(8-10-21)11-12-23(16-20)19(24)15-17-5-3-13-25-17/h4,6,14,17H,3,5,7-13,15-16H2,1-2H3. The number of likely N-dealkylation sites (tertiary alicyclic amines) is 1. The van der Waals surface area contributed by atoms with Crippen molar-refractivity contribution < 1.29 is 9.53 Å². The maximum atomic E-state index is 12.7. The first kappa shape index (κ1) is 18.5. The highest BCUT2D eigenvalue weighted by Crippen LogP contribution is 2.52. The van der Waals surface area contributed by atoms with Gasteiger partial charge in [-0.1, -0.05) is 6.07 Å². The number of thiophene rings is 1. The third kappa shape index (κ3) is 3.34. The largest absolute Gasteiger partial charge is 0.378 e. The van der Waals surface area contributed by atoms with E-state index in [0.29, 0.717) is 17.7 Å². The van der Waals surface area contributed by atoms with Crippen LogP contribution in [-0.2, 0) is 15.1 Å². The van der Waals surface area contributed by atoms with Gasteiger partial charge in [0, 0.05) is 24.6 Å². The Balaban J connectivity index is 1.38. The van der Waals surface area contributed by atoms with Gasteiger partial charge in [-0.3, -0.25) is 9.69 Å². The molecule has 1 amide bonds. The minimum Gasteiger partial charge on any atom is -0.378 e. The fraction of sp³-hybridized carbons (Fsp3) is 0.762. The molecule has 4 rings (SSSR count). The van der Waals surface area contributed by atoms with Gasteiger partial charge in [0.2, 0.25) is 5.91 Å². The molecule has 0 radical (unpaired) electrons. The zero-order valence-corrected chi connectivity index (χ0v) is 17.0. The van der Waals surface area contributed by atoms with Gasteiger partial charge < -0.3 is 9.64 Å². The summed E-state index contributed by atoms with van der Waals surface area (Å²) in [6.07, 6.45) is 8.96. The van der Waals surface area contributed by atoms with Crippen molar-refractivity contribution in [3.05, 3.63) is 22.4 Å². The van der Waals surface area contributed by atoms with Gasteiger partial charge in [-0.15, -0.1) is 11.3 Å². The second kappa shape index (κ2) is 7.25. The summed E-state index contributed by atoms with van der Waals surface area (Å²) in [7, 11) is 4.45. The smallest absolute Gasteiger partial charge is 0.225 e. The predicted molar refractivity (Wildman–Crippen MR) is 105 cm³/mol. The van der Waals surface area contributed by atoms with Gasteiger partial charge in [-0.25, -0.2) is 0 Å². The first-order valence-electron chi connectivity index (χ1n) is 10.1. The molecule has 0 N–H and O–H groups in total. The number of nitrogens with zero attached hydrogens (tertiary/aromatic N) is 2. The van der Waals surface area contributed by atoms with Gasteiger partial charge >= 0.3 is 0 Å². The lowest BCUT2D eigenvalue weighted by molar-refractivity contribution is -0.133. The molecule has 1 saturated carbocycles. The first-order valence-corrected chi connectivity index (χ1v) is 11.0. The molecule has 26 heavy (non-hydrogen) atoms. The van der Waals surface area contributed by atoms with Crippen molar-refractivity contribution in [3.63, 3.8) is 0 Å². The second-order valence-electron chi connectivity index (χ2n) is 8.81. The van der Waals surface area contributed by atoms with E-state index in [-0.39, 0.29) is 11.6 Å². The third-order valence-corrected chi connectivity index (χ3v) is 8.25. The molecule has 0 bridgehead atoms. The molecule has 3 heterocycles. The molecule has 1 spiro atoms. The quantitative estimate of drug-likeness (QED) is 0.800. The Hall–Kier alpha value is -0.910. The van der Waals surface area contributed by atoms with Crippen LogP contribution in [0.2, 0.25) is 0 Å². The van der Waals surface area contributed by atoms with Crippen LogP contribution in [-0.4, -0.2) is 55.6 Å². The molecule has 1 aromatic rings. The minimum absolute atomic E-state index is 0.172. The average molecular weight is 377 g/mol. The summed E-state index contributed by atoms with van der Waals surface area (Å²) in [5.41, 5.74) is 0.539. The zero-order valence-electron chi connectivity index (χ0n) is 16.2. The van der Waals surface area contributed by atoms with Gasteiger partial charge in [0.1, 0.15) is 0 Å². The molecule has 1 aliphatic carbocycles. The van der Waals surface area contributed by atoms with Crippen LogP contribution in [0.25, 0.3) is 0 Å². The number of hydrogen-bond acceptors (Lipinski definition) is 4. The highest BCUT2D eigenvalue weighted by atomic mass is 32.1. The van der Waals surface area contributed by atoms with Crippen molar-refractivity contribution in [1.82, 2.24) is 9.80 Å². The van der Waals surface area contributed by atoms with E-state index in [1.54, 1.807) is 0 Å². The summed E-state index contributed by atoms with van der Waals surface area (Å²) in [4.78, 5) is 18.8. The molecule has 1 unspecified atom stereocenters. The lowest BCUT2D eigenvalue weighted by atomic mass is 9.66. The molecule has 1 atom stereocenters. The van der Waals surface area contributed by atoms with Crippen LogP contribution in [0.3, 0.4) is 0 Å². The van der Waals surface area contributed by atoms with E-state index in [2.05, 4.69) is 41.4 Å². The summed E-state index contributed by atoms with van der Waals surface area (Å²) >= 11 is 1.89. The Bertz CT molecular complexity index is 614. The number of amides is 1. The second-order valence-corrected chi connectivity index (χ2v) is 9.76. The molecular weight excluding hydrogens is 344 g/mol. The van der Waals surface area contributed by atoms with Crippen molar-refractivity contribution in [3.8, 4) is 0 Å². The van der Waals surface area contributed by atoms with E-state index >= 15 is 0 Å². The number of ether oxygens (including phenoxy) is 1. The normalized spacial score (nSPS) is 34.9. The van der Waals surface area contributed by atoms with Crippen molar-refractivity contribution >= 4 is 17.2 Å². The Morgan fingerprint density at radius 1 is 1.31 bits per heavy atom. The van der Waals surface area contributed by atoms with E-state index in [0.717, 1.165) is 32.5 Å². The number of carbonyl (C=O) groups is 1. The Morgan fingerprint density at radius 2 is 2.12 bits per heavy atom. The molecular formula is C21H32N2O2S. The molecule has 0 aromatic carbocycles. The number of rotatable bonds is 4. The van der Waals surface area contributed by atoms with Crippen LogP contribution in [0.5, 0.6) is 0 Å². The lowest BCUT2D eigenvalue weighted by Crippen LogP contribution is -2.47. The van der Waals surface area contributed by atoms with E-state index in [4.69, 9.17) is 4.74 Å². The Morgan fingerprint density at radius 3 is 2.73 bits per heavy atom. The first-order chi connectivity index (χ1) is 12.5. The summed E-state index contributed by atoms with van der Waals surface area (Å²) < 4.78 is 5.66. The molecule has 2 saturated heterocycles. The SMILES string of the molecule is CN(C)C1(c2cccs2)CCC2(CCN(C(=O)CC3CCCO3)C2)CC1. The predicted octanol–water partition coefficient (Wildman–Crippen LogP) is 3.87. The van der Waals surface area contributed by atoms with E-state index < -0.39 is 0 Å². The molecule has 3 aliphatic rings.